The van der Waals surface area contributed by atoms with E-state index in [1.54, 1.807) is 0 Å². The maximum Gasteiger partial charge on any atom is 0.200 e. The summed E-state index contributed by atoms with van der Waals surface area (Å²) in [6, 6.07) is 25.4. The summed E-state index contributed by atoms with van der Waals surface area (Å²) in [5.41, 5.74) is 4.13. The summed E-state index contributed by atoms with van der Waals surface area (Å²) in [6.07, 6.45) is 3.80. The van der Waals surface area contributed by atoms with Crippen molar-refractivity contribution >= 4 is 23.1 Å². The third kappa shape index (κ3) is 3.09. The van der Waals surface area contributed by atoms with Crippen LogP contribution in [0.25, 0.3) is 34.4 Å². The predicted molar refractivity (Wildman–Crippen MR) is 108 cm³/mol. The minimum atomic E-state index is -0.0130. The van der Waals surface area contributed by atoms with Crippen molar-refractivity contribution in [1.82, 2.24) is 0 Å². The van der Waals surface area contributed by atoms with E-state index in [2.05, 4.69) is 0 Å². The van der Waals surface area contributed by atoms with Gasteiger partial charge < -0.3 is 4.42 Å². The predicted octanol–water partition coefficient (Wildman–Crippen LogP) is 5.94. The van der Waals surface area contributed by atoms with Gasteiger partial charge in [-0.2, -0.15) is 0 Å². The zero-order valence-corrected chi connectivity index (χ0v) is 14.5. The molecule has 0 aliphatic heterocycles. The summed E-state index contributed by atoms with van der Waals surface area (Å²) in [5, 5.41) is 0.609. The molecule has 0 atom stereocenters. The minimum Gasteiger partial charge on any atom is -0.455 e. The van der Waals surface area contributed by atoms with Crippen molar-refractivity contribution in [2.24, 2.45) is 0 Å². The van der Waals surface area contributed by atoms with Gasteiger partial charge in [0.25, 0.3) is 0 Å². The molecule has 26 heavy (non-hydrogen) atoms. The van der Waals surface area contributed by atoms with E-state index in [1.165, 1.54) is 0 Å². The lowest BCUT2D eigenvalue weighted by molar-refractivity contribution is 0.617. The van der Waals surface area contributed by atoms with Crippen LogP contribution < -0.4 is 5.43 Å². The van der Waals surface area contributed by atoms with E-state index in [0.717, 1.165) is 16.7 Å². The van der Waals surface area contributed by atoms with Crippen molar-refractivity contribution in [3.63, 3.8) is 0 Å². The van der Waals surface area contributed by atoms with E-state index < -0.39 is 0 Å². The van der Waals surface area contributed by atoms with Crippen LogP contribution >= 0.6 is 0 Å². The van der Waals surface area contributed by atoms with Crippen LogP contribution in [0, 0.1) is 6.92 Å². The zero-order valence-electron chi connectivity index (χ0n) is 14.5. The van der Waals surface area contributed by atoms with Gasteiger partial charge in [0, 0.05) is 5.56 Å². The quantitative estimate of drug-likeness (QED) is 0.463. The average Bonchev–Trinajstić information content (AvgIpc) is 2.69. The van der Waals surface area contributed by atoms with E-state index in [1.807, 2.05) is 97.9 Å². The smallest absolute Gasteiger partial charge is 0.200 e. The summed E-state index contributed by atoms with van der Waals surface area (Å²) in [7, 11) is 0. The molecule has 0 radical (unpaired) electrons. The number of rotatable bonds is 3. The van der Waals surface area contributed by atoms with Gasteiger partial charge in [-0.1, -0.05) is 78.4 Å². The maximum atomic E-state index is 13.2. The number of hydrogen-bond acceptors (Lipinski definition) is 2. The van der Waals surface area contributed by atoms with Crippen molar-refractivity contribution in [2.75, 3.05) is 0 Å². The number of hydrogen-bond donors (Lipinski definition) is 0. The van der Waals surface area contributed by atoms with E-state index >= 15 is 0 Å². The molecule has 1 aromatic heterocycles. The number of fused-ring (bicyclic) bond motifs is 1. The largest absolute Gasteiger partial charge is 0.455 e. The fourth-order valence-electron chi connectivity index (χ4n) is 3.02. The Balaban J connectivity index is 1.97. The van der Waals surface area contributed by atoms with Crippen LogP contribution in [0.15, 0.2) is 88.1 Å². The van der Waals surface area contributed by atoms with Crippen molar-refractivity contribution in [1.29, 1.82) is 0 Å². The molecule has 0 fully saturated rings. The van der Waals surface area contributed by atoms with Crippen LogP contribution in [0.4, 0.5) is 0 Å². The van der Waals surface area contributed by atoms with E-state index in [4.69, 9.17) is 4.42 Å². The van der Waals surface area contributed by atoms with Gasteiger partial charge >= 0.3 is 0 Å². The SMILES string of the molecule is Cc1ccc2oc(-c3ccccc3)c(/C=C/c3ccccc3)c(=O)c2c1. The molecule has 3 aromatic carbocycles. The molecule has 2 heteroatoms. The third-order valence-electron chi connectivity index (χ3n) is 4.36. The summed E-state index contributed by atoms with van der Waals surface area (Å²) < 4.78 is 6.15. The highest BCUT2D eigenvalue weighted by molar-refractivity contribution is 5.86. The molecule has 2 nitrogen and oxygen atoms in total. The Morgan fingerprint density at radius 3 is 2.23 bits per heavy atom. The first-order chi connectivity index (χ1) is 12.7. The number of benzene rings is 3. The summed E-state index contributed by atoms with van der Waals surface area (Å²) in [6.45, 7) is 1.98. The normalized spacial score (nSPS) is 11.3. The second kappa shape index (κ2) is 6.85. The first kappa shape index (κ1) is 16.1. The second-order valence-electron chi connectivity index (χ2n) is 6.28. The summed E-state index contributed by atoms with van der Waals surface area (Å²) >= 11 is 0. The zero-order chi connectivity index (χ0) is 17.9. The van der Waals surface area contributed by atoms with Gasteiger partial charge in [0.05, 0.1) is 10.9 Å². The van der Waals surface area contributed by atoms with Gasteiger partial charge in [-0.05, 0) is 30.7 Å². The number of aryl methyl sites for hydroxylation is 1. The Hall–Kier alpha value is -3.39. The average molecular weight is 338 g/mol. The fourth-order valence-corrected chi connectivity index (χ4v) is 3.02. The Morgan fingerprint density at radius 2 is 1.50 bits per heavy atom. The van der Waals surface area contributed by atoms with E-state index in [0.29, 0.717) is 22.3 Å². The van der Waals surface area contributed by atoms with Gasteiger partial charge in [0.15, 0.2) is 0 Å². The molecule has 0 bridgehead atoms. The van der Waals surface area contributed by atoms with Gasteiger partial charge in [-0.25, -0.2) is 0 Å². The standard InChI is InChI=1S/C24H18O2/c1-17-12-15-22-21(16-17)23(25)20(14-13-18-8-4-2-5-9-18)24(26-22)19-10-6-3-7-11-19/h2-16H,1H3/b14-13+. The van der Waals surface area contributed by atoms with E-state index in [9.17, 15) is 4.79 Å². The Labute approximate surface area is 152 Å². The molecule has 0 saturated carbocycles. The molecule has 0 unspecified atom stereocenters. The van der Waals surface area contributed by atoms with Crippen LogP contribution in [0.5, 0.6) is 0 Å². The molecule has 1 heterocycles. The van der Waals surface area contributed by atoms with Crippen molar-refractivity contribution in [2.45, 2.75) is 6.92 Å². The lowest BCUT2D eigenvalue weighted by Crippen LogP contribution is -2.07. The first-order valence-corrected chi connectivity index (χ1v) is 8.58. The molecular formula is C24H18O2. The molecule has 0 spiro atoms. The van der Waals surface area contributed by atoms with Crippen LogP contribution in [-0.4, -0.2) is 0 Å². The van der Waals surface area contributed by atoms with E-state index in [-0.39, 0.29) is 5.43 Å². The molecule has 0 amide bonds. The third-order valence-corrected chi connectivity index (χ3v) is 4.36. The monoisotopic (exact) mass is 338 g/mol. The van der Waals surface area contributed by atoms with Crippen LogP contribution in [0.3, 0.4) is 0 Å². The van der Waals surface area contributed by atoms with Crippen LogP contribution in [0.2, 0.25) is 0 Å². The lowest BCUT2D eigenvalue weighted by Gasteiger charge is -2.08. The molecule has 126 valence electrons. The van der Waals surface area contributed by atoms with Crippen LogP contribution in [-0.2, 0) is 0 Å². The van der Waals surface area contributed by atoms with Gasteiger partial charge in [-0.15, -0.1) is 0 Å². The van der Waals surface area contributed by atoms with Crippen molar-refractivity contribution < 1.29 is 4.42 Å². The molecule has 0 N–H and O–H groups in total. The summed E-state index contributed by atoms with van der Waals surface area (Å²) in [5.74, 6) is 0.596. The van der Waals surface area contributed by atoms with Crippen molar-refractivity contribution in [3.05, 3.63) is 106 Å². The highest BCUT2D eigenvalue weighted by Crippen LogP contribution is 2.27. The van der Waals surface area contributed by atoms with Crippen molar-refractivity contribution in [3.8, 4) is 11.3 Å². The highest BCUT2D eigenvalue weighted by Gasteiger charge is 2.14. The van der Waals surface area contributed by atoms with Gasteiger partial charge in [0.2, 0.25) is 5.43 Å². The van der Waals surface area contributed by atoms with Crippen LogP contribution in [0.1, 0.15) is 16.7 Å². The molecule has 0 saturated heterocycles. The lowest BCUT2D eigenvalue weighted by atomic mass is 10.0. The van der Waals surface area contributed by atoms with Gasteiger partial charge in [0.1, 0.15) is 11.3 Å². The topological polar surface area (TPSA) is 30.2 Å². The Kier molecular flexibility index (Phi) is 4.24. The Bertz CT molecular complexity index is 1140. The maximum absolute atomic E-state index is 13.2. The molecule has 4 rings (SSSR count). The fraction of sp³-hybridized carbons (Fsp3) is 0.0417. The van der Waals surface area contributed by atoms with Gasteiger partial charge in [-0.3, -0.25) is 4.79 Å². The second-order valence-corrected chi connectivity index (χ2v) is 6.28. The molecular weight excluding hydrogens is 320 g/mol. The minimum absolute atomic E-state index is 0.0130. The summed E-state index contributed by atoms with van der Waals surface area (Å²) in [4.78, 5) is 13.2. The first-order valence-electron chi connectivity index (χ1n) is 8.58. The highest BCUT2D eigenvalue weighted by atomic mass is 16.3. The molecule has 0 aliphatic carbocycles. The molecule has 0 aliphatic rings. The Morgan fingerprint density at radius 1 is 0.808 bits per heavy atom. The molecule has 4 aromatic rings.